The fourth-order valence-corrected chi connectivity index (χ4v) is 4.31. The summed E-state index contributed by atoms with van der Waals surface area (Å²) in [6.45, 7) is 2.72. The second-order valence-corrected chi connectivity index (χ2v) is 8.69. The van der Waals surface area contributed by atoms with E-state index < -0.39 is 34.2 Å². The molecule has 12 heteroatoms. The van der Waals surface area contributed by atoms with Crippen molar-refractivity contribution in [3.63, 3.8) is 0 Å². The standard InChI is InChI=1S/C24H26FN5O6/c1-27(15-22(31)26-17-2-4-18(5-3-17)28-8-10-36-11-9-28)24(33)16-12-23(32)29(14-16)19-6-7-20(25)21(13-19)30(34)35/h2-7,13,16H,8-12,14-15H2,1H3,(H,26,31). The number of morpholine rings is 1. The van der Waals surface area contributed by atoms with Gasteiger partial charge in [0, 0.05) is 50.5 Å². The Kier molecular flexibility index (Phi) is 7.44. The molecule has 0 bridgehead atoms. The smallest absolute Gasteiger partial charge is 0.306 e. The van der Waals surface area contributed by atoms with Gasteiger partial charge in [-0.05, 0) is 36.4 Å². The number of nitro benzene ring substituents is 1. The first-order valence-electron chi connectivity index (χ1n) is 11.4. The van der Waals surface area contributed by atoms with Gasteiger partial charge < -0.3 is 24.8 Å². The van der Waals surface area contributed by atoms with Crippen LogP contribution < -0.4 is 15.1 Å². The minimum absolute atomic E-state index is 0.0184. The van der Waals surface area contributed by atoms with E-state index in [1.165, 1.54) is 22.9 Å². The Hall–Kier alpha value is -4.06. The molecule has 2 heterocycles. The highest BCUT2D eigenvalue weighted by molar-refractivity contribution is 6.01. The monoisotopic (exact) mass is 499 g/mol. The number of nitrogens with one attached hydrogen (secondary N) is 1. The molecule has 36 heavy (non-hydrogen) atoms. The van der Waals surface area contributed by atoms with Crippen molar-refractivity contribution < 1.29 is 28.4 Å². The van der Waals surface area contributed by atoms with Gasteiger partial charge in [-0.2, -0.15) is 4.39 Å². The number of nitrogens with zero attached hydrogens (tertiary/aromatic N) is 4. The second kappa shape index (κ2) is 10.7. The number of ether oxygens (including phenoxy) is 1. The molecule has 190 valence electrons. The maximum atomic E-state index is 13.6. The lowest BCUT2D eigenvalue weighted by atomic mass is 10.1. The Bertz CT molecular complexity index is 1170. The van der Waals surface area contributed by atoms with Crippen LogP contribution in [-0.4, -0.2) is 74.0 Å². The fraction of sp³-hybridized carbons (Fsp3) is 0.375. The quantitative estimate of drug-likeness (QED) is 0.456. The van der Waals surface area contributed by atoms with E-state index in [4.69, 9.17) is 4.74 Å². The molecular formula is C24H26FN5O6. The van der Waals surface area contributed by atoms with Crippen molar-refractivity contribution in [3.8, 4) is 0 Å². The average molecular weight is 499 g/mol. The predicted octanol–water partition coefficient (Wildman–Crippen LogP) is 2.02. The van der Waals surface area contributed by atoms with Crippen molar-refractivity contribution in [2.24, 2.45) is 5.92 Å². The van der Waals surface area contributed by atoms with E-state index in [0.29, 0.717) is 18.9 Å². The molecule has 1 atom stereocenters. The molecule has 4 rings (SSSR count). The number of hydrogen-bond acceptors (Lipinski definition) is 7. The Morgan fingerprint density at radius 2 is 1.83 bits per heavy atom. The number of nitro groups is 1. The highest BCUT2D eigenvalue weighted by Gasteiger charge is 2.37. The van der Waals surface area contributed by atoms with E-state index in [2.05, 4.69) is 10.2 Å². The van der Waals surface area contributed by atoms with E-state index in [1.54, 1.807) is 12.1 Å². The largest absolute Gasteiger partial charge is 0.378 e. The zero-order valence-corrected chi connectivity index (χ0v) is 19.7. The van der Waals surface area contributed by atoms with Crippen LogP contribution in [0.3, 0.4) is 0 Å². The van der Waals surface area contributed by atoms with Crippen molar-refractivity contribution in [2.45, 2.75) is 6.42 Å². The highest BCUT2D eigenvalue weighted by atomic mass is 19.1. The molecule has 0 aromatic heterocycles. The molecular weight excluding hydrogens is 473 g/mol. The predicted molar refractivity (Wildman–Crippen MR) is 129 cm³/mol. The average Bonchev–Trinajstić information content (AvgIpc) is 3.26. The molecule has 2 aromatic carbocycles. The molecule has 2 aliphatic rings. The van der Waals surface area contributed by atoms with Crippen LogP contribution in [0.15, 0.2) is 42.5 Å². The van der Waals surface area contributed by atoms with Crippen molar-refractivity contribution in [3.05, 3.63) is 58.4 Å². The molecule has 2 aromatic rings. The van der Waals surface area contributed by atoms with E-state index in [-0.39, 0.29) is 31.1 Å². The number of carbonyl (C=O) groups is 3. The van der Waals surface area contributed by atoms with Crippen molar-refractivity contribution in [2.75, 3.05) is 61.6 Å². The Morgan fingerprint density at radius 1 is 1.17 bits per heavy atom. The second-order valence-electron chi connectivity index (χ2n) is 8.69. The van der Waals surface area contributed by atoms with Crippen LogP contribution in [0.1, 0.15) is 6.42 Å². The van der Waals surface area contributed by atoms with Crippen molar-refractivity contribution in [1.29, 1.82) is 0 Å². The van der Waals surface area contributed by atoms with E-state index >= 15 is 0 Å². The molecule has 0 radical (unpaired) electrons. The molecule has 1 N–H and O–H groups in total. The Labute approximate surface area is 206 Å². The van der Waals surface area contributed by atoms with Crippen LogP contribution in [0.2, 0.25) is 0 Å². The van der Waals surface area contributed by atoms with Gasteiger partial charge >= 0.3 is 5.69 Å². The third-order valence-corrected chi connectivity index (χ3v) is 6.20. The summed E-state index contributed by atoms with van der Waals surface area (Å²) >= 11 is 0. The zero-order valence-electron chi connectivity index (χ0n) is 19.7. The summed E-state index contributed by atoms with van der Waals surface area (Å²) in [6, 6.07) is 10.6. The minimum Gasteiger partial charge on any atom is -0.378 e. The molecule has 0 spiro atoms. The van der Waals surface area contributed by atoms with Crippen molar-refractivity contribution in [1.82, 2.24) is 4.90 Å². The third kappa shape index (κ3) is 5.60. The Morgan fingerprint density at radius 3 is 2.50 bits per heavy atom. The van der Waals surface area contributed by atoms with E-state index in [0.717, 1.165) is 30.9 Å². The van der Waals surface area contributed by atoms with Gasteiger partial charge in [-0.3, -0.25) is 24.5 Å². The highest BCUT2D eigenvalue weighted by Crippen LogP contribution is 2.30. The summed E-state index contributed by atoms with van der Waals surface area (Å²) in [4.78, 5) is 52.7. The molecule has 2 saturated heterocycles. The van der Waals surface area contributed by atoms with Gasteiger partial charge in [-0.15, -0.1) is 0 Å². The van der Waals surface area contributed by atoms with E-state index in [1.807, 2.05) is 12.1 Å². The summed E-state index contributed by atoms with van der Waals surface area (Å²) in [5.41, 5.74) is 1.02. The number of amides is 3. The normalized spacial score (nSPS) is 17.7. The number of hydrogen-bond donors (Lipinski definition) is 1. The molecule has 0 saturated carbocycles. The van der Waals surface area contributed by atoms with Gasteiger partial charge in [0.2, 0.25) is 23.5 Å². The molecule has 3 amide bonds. The molecule has 2 fully saturated rings. The van der Waals surface area contributed by atoms with Gasteiger partial charge in [0.25, 0.3) is 0 Å². The van der Waals surface area contributed by atoms with Crippen LogP contribution in [-0.2, 0) is 19.1 Å². The lowest BCUT2D eigenvalue weighted by Crippen LogP contribution is -2.39. The van der Waals surface area contributed by atoms with Gasteiger partial charge in [0.1, 0.15) is 0 Å². The number of benzene rings is 2. The lowest BCUT2D eigenvalue weighted by Gasteiger charge is -2.29. The van der Waals surface area contributed by atoms with Crippen LogP contribution >= 0.6 is 0 Å². The number of halogens is 1. The molecule has 1 unspecified atom stereocenters. The first kappa shape index (κ1) is 25.0. The maximum absolute atomic E-state index is 13.6. The topological polar surface area (TPSA) is 125 Å². The van der Waals surface area contributed by atoms with Gasteiger partial charge in [0.05, 0.1) is 36.3 Å². The summed E-state index contributed by atoms with van der Waals surface area (Å²) in [5.74, 6) is -2.94. The summed E-state index contributed by atoms with van der Waals surface area (Å²) in [7, 11) is 1.47. The summed E-state index contributed by atoms with van der Waals surface area (Å²) in [6.07, 6.45) is -0.112. The summed E-state index contributed by atoms with van der Waals surface area (Å²) in [5, 5.41) is 13.8. The number of anilines is 3. The van der Waals surface area contributed by atoms with Gasteiger partial charge in [-0.1, -0.05) is 0 Å². The maximum Gasteiger partial charge on any atom is 0.306 e. The SMILES string of the molecule is CN(CC(=O)Nc1ccc(N2CCOCC2)cc1)C(=O)C1CC(=O)N(c2ccc(F)c([N+](=O)[O-])c2)C1. The van der Waals surface area contributed by atoms with Crippen molar-refractivity contribution >= 4 is 40.5 Å². The minimum atomic E-state index is -1.01. The van der Waals surface area contributed by atoms with Crippen LogP contribution in [0.25, 0.3) is 0 Å². The number of carbonyl (C=O) groups excluding carboxylic acids is 3. The summed E-state index contributed by atoms with van der Waals surface area (Å²) < 4.78 is 19.0. The first-order chi connectivity index (χ1) is 17.2. The number of likely N-dealkylation sites (N-methyl/N-ethyl adjacent to an activating group) is 1. The van der Waals surface area contributed by atoms with Gasteiger partial charge in [-0.25, -0.2) is 0 Å². The van der Waals surface area contributed by atoms with E-state index in [9.17, 15) is 28.9 Å². The number of rotatable bonds is 7. The van der Waals surface area contributed by atoms with Crippen LogP contribution in [0.4, 0.5) is 27.1 Å². The molecule has 0 aliphatic carbocycles. The van der Waals surface area contributed by atoms with Gasteiger partial charge in [0.15, 0.2) is 0 Å². The zero-order chi connectivity index (χ0) is 25.8. The Balaban J connectivity index is 1.32. The fourth-order valence-electron chi connectivity index (χ4n) is 4.31. The molecule has 2 aliphatic heterocycles. The molecule has 11 nitrogen and oxygen atoms in total. The first-order valence-corrected chi connectivity index (χ1v) is 11.4. The van der Waals surface area contributed by atoms with Crippen LogP contribution in [0.5, 0.6) is 0 Å². The third-order valence-electron chi connectivity index (χ3n) is 6.20. The lowest BCUT2D eigenvalue weighted by molar-refractivity contribution is -0.387. The van der Waals surface area contributed by atoms with Crippen LogP contribution in [0, 0.1) is 21.8 Å².